The number of anilines is 2. The molecule has 1 N–H and O–H groups in total. The van der Waals surface area contributed by atoms with Gasteiger partial charge in [-0.1, -0.05) is 11.6 Å². The van der Waals surface area contributed by atoms with Gasteiger partial charge in [-0.05, 0) is 60.9 Å². The third-order valence-corrected chi connectivity index (χ3v) is 4.66. The van der Waals surface area contributed by atoms with Crippen LogP contribution >= 0.6 is 11.6 Å². The highest BCUT2D eigenvalue weighted by Gasteiger charge is 2.14. The van der Waals surface area contributed by atoms with Gasteiger partial charge >= 0.3 is 12.2 Å². The van der Waals surface area contributed by atoms with Crippen LogP contribution in [0.15, 0.2) is 41.3 Å². The Balaban J connectivity index is 2.01. The maximum atomic E-state index is 13.7. The average Bonchev–Trinajstić information content (AvgIpc) is 2.66. The Labute approximate surface area is 181 Å². The molecule has 0 aliphatic carbocycles. The monoisotopic (exact) mass is 453 g/mol. The van der Waals surface area contributed by atoms with Crippen LogP contribution < -0.4 is 20.3 Å². The van der Waals surface area contributed by atoms with E-state index in [0.717, 1.165) is 0 Å². The molecule has 0 unspecified atom stereocenters. The van der Waals surface area contributed by atoms with Crippen LogP contribution in [0.2, 0.25) is 5.02 Å². The summed E-state index contributed by atoms with van der Waals surface area (Å²) < 4.78 is 50.0. The van der Waals surface area contributed by atoms with E-state index in [9.17, 15) is 18.0 Å². The molecule has 0 fully saturated rings. The van der Waals surface area contributed by atoms with Gasteiger partial charge in [0, 0.05) is 10.7 Å². The van der Waals surface area contributed by atoms with Crippen molar-refractivity contribution in [3.8, 4) is 11.5 Å². The van der Waals surface area contributed by atoms with Crippen molar-refractivity contribution in [1.29, 1.82) is 0 Å². The molecule has 0 spiro atoms. The summed E-state index contributed by atoms with van der Waals surface area (Å²) in [5.74, 6) is -0.301. The van der Waals surface area contributed by atoms with Gasteiger partial charge in [0.05, 0.1) is 19.9 Å². The molecule has 0 aliphatic heterocycles. The zero-order chi connectivity index (χ0) is 22.7. The van der Waals surface area contributed by atoms with Crippen molar-refractivity contribution in [1.82, 2.24) is 9.55 Å². The van der Waals surface area contributed by atoms with Crippen LogP contribution in [0.5, 0.6) is 11.5 Å². The fourth-order valence-corrected chi connectivity index (χ4v) is 3.24. The summed E-state index contributed by atoms with van der Waals surface area (Å²) in [4.78, 5) is 16.2. The Morgan fingerprint density at radius 1 is 1.13 bits per heavy atom. The third-order valence-electron chi connectivity index (χ3n) is 4.44. The molecule has 0 amide bonds. The molecule has 3 rings (SSSR count). The molecule has 0 saturated heterocycles. The Kier molecular flexibility index (Phi) is 6.74. The number of methoxy groups -OCH3 is 1. The summed E-state index contributed by atoms with van der Waals surface area (Å²) in [6.45, 7) is 0.501. The van der Waals surface area contributed by atoms with Gasteiger partial charge in [0.25, 0.3) is 0 Å². The first-order chi connectivity index (χ1) is 14.7. The predicted molar refractivity (Wildman–Crippen MR) is 111 cm³/mol. The number of rotatable bonds is 7. The van der Waals surface area contributed by atoms with Crippen molar-refractivity contribution < 1.29 is 22.6 Å². The van der Waals surface area contributed by atoms with Crippen LogP contribution in [0.25, 0.3) is 0 Å². The molecule has 1 aromatic heterocycles. The van der Waals surface area contributed by atoms with Gasteiger partial charge in [0.1, 0.15) is 11.6 Å². The normalized spacial score (nSPS) is 11.0. The molecule has 6 nitrogen and oxygen atoms in total. The van der Waals surface area contributed by atoms with Crippen molar-refractivity contribution in [2.45, 2.75) is 27.0 Å². The highest BCUT2D eigenvalue weighted by Crippen LogP contribution is 2.29. The zero-order valence-electron chi connectivity index (χ0n) is 16.9. The van der Waals surface area contributed by atoms with Crippen molar-refractivity contribution in [3.05, 3.63) is 74.4 Å². The molecule has 31 heavy (non-hydrogen) atoms. The number of benzene rings is 2. The summed E-state index contributed by atoms with van der Waals surface area (Å²) in [7, 11) is 1.34. The van der Waals surface area contributed by atoms with Crippen LogP contribution in [0.1, 0.15) is 16.7 Å². The lowest BCUT2D eigenvalue weighted by atomic mass is 10.1. The van der Waals surface area contributed by atoms with Gasteiger partial charge in [-0.25, -0.2) is 4.39 Å². The first-order valence-corrected chi connectivity index (χ1v) is 9.47. The fourth-order valence-electron chi connectivity index (χ4n) is 3.00. The lowest BCUT2D eigenvalue weighted by Crippen LogP contribution is -2.19. The van der Waals surface area contributed by atoms with E-state index in [2.05, 4.69) is 15.0 Å². The number of hydrogen-bond acceptors (Lipinski definition) is 5. The van der Waals surface area contributed by atoms with Crippen molar-refractivity contribution in [3.63, 3.8) is 0 Å². The summed E-state index contributed by atoms with van der Waals surface area (Å²) in [6.07, 6.45) is 1.44. The van der Waals surface area contributed by atoms with Crippen molar-refractivity contribution in [2.75, 3.05) is 12.4 Å². The van der Waals surface area contributed by atoms with E-state index >= 15 is 0 Å². The topological polar surface area (TPSA) is 65.4 Å². The van der Waals surface area contributed by atoms with Crippen LogP contribution in [-0.2, 0) is 6.54 Å². The van der Waals surface area contributed by atoms with E-state index in [1.807, 2.05) is 0 Å². The van der Waals surface area contributed by atoms with Gasteiger partial charge in [-0.15, -0.1) is 0 Å². The van der Waals surface area contributed by atoms with Crippen LogP contribution in [0, 0.1) is 19.7 Å². The molecule has 1 heterocycles. The Hall–Kier alpha value is -3.20. The van der Waals surface area contributed by atoms with Gasteiger partial charge in [-0.3, -0.25) is 4.79 Å². The summed E-state index contributed by atoms with van der Waals surface area (Å²) in [5.41, 5.74) is 1.52. The van der Waals surface area contributed by atoms with E-state index in [1.54, 1.807) is 30.5 Å². The maximum Gasteiger partial charge on any atom is 0.387 e. The molecule has 0 bridgehead atoms. The highest BCUT2D eigenvalue weighted by molar-refractivity contribution is 6.30. The first kappa shape index (κ1) is 22.5. The van der Waals surface area contributed by atoms with E-state index in [0.29, 0.717) is 22.4 Å². The van der Waals surface area contributed by atoms with Gasteiger partial charge < -0.3 is 19.4 Å². The van der Waals surface area contributed by atoms with E-state index in [-0.39, 0.29) is 29.0 Å². The number of aryl methyl sites for hydroxylation is 2. The third kappa shape index (κ3) is 5.49. The van der Waals surface area contributed by atoms with Crippen LogP contribution in [0.3, 0.4) is 0 Å². The van der Waals surface area contributed by atoms with E-state index in [4.69, 9.17) is 16.3 Å². The number of halogens is 4. The molecule has 3 aromatic rings. The molecular weight excluding hydrogens is 435 g/mol. The second kappa shape index (κ2) is 9.30. The maximum absolute atomic E-state index is 13.7. The average molecular weight is 454 g/mol. The van der Waals surface area contributed by atoms with Gasteiger partial charge in [0.15, 0.2) is 0 Å². The number of nitrogens with one attached hydrogen (secondary N) is 1. The Bertz CT molecular complexity index is 1150. The molecule has 10 heteroatoms. The van der Waals surface area contributed by atoms with Crippen LogP contribution in [0.4, 0.5) is 24.8 Å². The van der Waals surface area contributed by atoms with Gasteiger partial charge in [0.2, 0.25) is 11.7 Å². The minimum Gasteiger partial charge on any atom is -0.490 e. The van der Waals surface area contributed by atoms with Gasteiger partial charge in [-0.2, -0.15) is 13.8 Å². The second-order valence-electron chi connectivity index (χ2n) is 6.78. The number of ether oxygens (including phenoxy) is 2. The summed E-state index contributed by atoms with van der Waals surface area (Å²) in [6, 6.07) is 7.15. The lowest BCUT2D eigenvalue weighted by Gasteiger charge is -2.18. The minimum absolute atomic E-state index is 0.00151. The number of alkyl halides is 2. The van der Waals surface area contributed by atoms with Crippen molar-refractivity contribution >= 4 is 23.2 Å². The van der Waals surface area contributed by atoms with Crippen molar-refractivity contribution in [2.24, 2.45) is 0 Å². The zero-order valence-corrected chi connectivity index (χ0v) is 17.6. The number of nitrogens with zero attached hydrogens (tertiary/aromatic N) is 2. The van der Waals surface area contributed by atoms with E-state index < -0.39 is 18.0 Å². The Morgan fingerprint density at radius 2 is 1.87 bits per heavy atom. The first-order valence-electron chi connectivity index (χ1n) is 9.09. The number of aromatic nitrogens is 2. The minimum atomic E-state index is -2.94. The smallest absolute Gasteiger partial charge is 0.387 e. The largest absolute Gasteiger partial charge is 0.490 e. The predicted octanol–water partition coefficient (Wildman–Crippen LogP) is 5.05. The highest BCUT2D eigenvalue weighted by atomic mass is 35.5. The summed E-state index contributed by atoms with van der Waals surface area (Å²) in [5, 5.41) is 3.26. The molecule has 164 valence electrons. The lowest BCUT2D eigenvalue weighted by molar-refractivity contribution is -0.0503. The molecule has 0 atom stereocenters. The molecule has 0 radical (unpaired) electrons. The van der Waals surface area contributed by atoms with Crippen LogP contribution in [-0.4, -0.2) is 23.3 Å². The fraction of sp³-hybridized carbons (Fsp3) is 0.238. The molecule has 0 aliphatic rings. The standard InChI is InChI=1S/C21H19ClF3N3O3/c1-11-5-17(31-20(24)25)12(2)4-16(11)26-21-27-19(29)18(30-3)10-28(21)9-13-6-14(22)8-15(23)7-13/h4-8,10,20H,9H2,1-3H3,(H,26,27,29). The molecule has 0 saturated carbocycles. The molecular formula is C21H19ClF3N3O3. The van der Waals surface area contributed by atoms with E-state index in [1.165, 1.54) is 31.5 Å². The number of hydrogen-bond donors (Lipinski definition) is 1. The summed E-state index contributed by atoms with van der Waals surface area (Å²) >= 11 is 5.94. The molecule has 2 aromatic carbocycles. The Morgan fingerprint density at radius 3 is 2.52 bits per heavy atom. The second-order valence-corrected chi connectivity index (χ2v) is 7.22. The SMILES string of the molecule is COc1cn(Cc2cc(F)cc(Cl)c2)c(Nc2cc(C)c(OC(F)F)cc2C)nc1=O. The quantitative estimate of drug-likeness (QED) is 0.542.